The van der Waals surface area contributed by atoms with Crippen molar-refractivity contribution >= 4 is 15.9 Å². The molecule has 2 aliphatic heterocycles. The van der Waals surface area contributed by atoms with Gasteiger partial charge in [-0.25, -0.2) is 8.42 Å². The summed E-state index contributed by atoms with van der Waals surface area (Å²) >= 11 is 0. The first-order chi connectivity index (χ1) is 19.3. The normalized spacial score (nSPS) is 18.9. The molecule has 3 heterocycles. The predicted octanol–water partition coefficient (Wildman–Crippen LogP) is 4.91. The fourth-order valence-electron chi connectivity index (χ4n) is 6.04. The molecule has 0 N–H and O–H groups in total. The Kier molecular flexibility index (Phi) is 8.06. The average molecular weight is 589 g/mol. The van der Waals surface area contributed by atoms with E-state index in [1.807, 2.05) is 10.8 Å². The Hall–Kier alpha value is -3.15. The summed E-state index contributed by atoms with van der Waals surface area (Å²) in [7, 11) is -4.30. The number of halogens is 3. The van der Waals surface area contributed by atoms with Gasteiger partial charge < -0.3 is 9.47 Å². The molecule has 0 saturated carbocycles. The summed E-state index contributed by atoms with van der Waals surface area (Å²) in [6, 6.07) is 10.9. The second-order valence-corrected chi connectivity index (χ2v) is 12.9. The smallest absolute Gasteiger partial charge is 0.349 e. The summed E-state index contributed by atoms with van der Waals surface area (Å²) in [5.41, 5.74) is 4.67. The molecule has 1 saturated heterocycles. The zero-order valence-electron chi connectivity index (χ0n) is 23.5. The van der Waals surface area contributed by atoms with Crippen molar-refractivity contribution in [3.05, 3.63) is 88.2 Å². The molecule has 1 unspecified atom stereocenters. The van der Waals surface area contributed by atoms with Crippen LogP contribution in [0.1, 0.15) is 46.0 Å². The van der Waals surface area contributed by atoms with Gasteiger partial charge >= 0.3 is 6.18 Å². The molecule has 41 heavy (non-hydrogen) atoms. The van der Waals surface area contributed by atoms with E-state index in [1.165, 1.54) is 32.6 Å². The molecular weight excluding hydrogens is 553 g/mol. The number of benzene rings is 2. The van der Waals surface area contributed by atoms with Gasteiger partial charge in [-0.1, -0.05) is 23.8 Å². The van der Waals surface area contributed by atoms with E-state index in [4.69, 9.17) is 0 Å². The van der Waals surface area contributed by atoms with Crippen LogP contribution in [0.3, 0.4) is 0 Å². The number of sulfonamides is 1. The third-order valence-electron chi connectivity index (χ3n) is 8.20. The van der Waals surface area contributed by atoms with Gasteiger partial charge in [-0.15, -0.1) is 0 Å². The van der Waals surface area contributed by atoms with Gasteiger partial charge in [0, 0.05) is 64.1 Å². The van der Waals surface area contributed by atoms with Gasteiger partial charge in [-0.3, -0.25) is 9.69 Å². The molecule has 1 aromatic heterocycles. The number of nitrogens with zero attached hydrogens (tertiary/aromatic N) is 4. The van der Waals surface area contributed by atoms with Crippen LogP contribution in [0, 0.1) is 20.8 Å². The van der Waals surface area contributed by atoms with Crippen LogP contribution >= 0.6 is 0 Å². The third-order valence-corrected chi connectivity index (χ3v) is 10.1. The molecule has 2 aliphatic rings. The van der Waals surface area contributed by atoms with Crippen LogP contribution in [-0.4, -0.2) is 65.7 Å². The second-order valence-electron chi connectivity index (χ2n) is 11.0. The minimum atomic E-state index is -4.67. The fourth-order valence-corrected chi connectivity index (χ4v) is 7.68. The monoisotopic (exact) mass is 588 g/mol. The summed E-state index contributed by atoms with van der Waals surface area (Å²) in [5, 5.41) is 0. The maximum Gasteiger partial charge on any atom is 0.416 e. The molecule has 0 spiro atoms. The fraction of sp³-hybridized carbons (Fsp3) is 0.433. The molecule has 1 atom stereocenters. The van der Waals surface area contributed by atoms with Crippen LogP contribution in [0.25, 0.3) is 0 Å². The molecule has 0 radical (unpaired) electrons. The molecule has 1 amide bonds. The molecule has 2 aromatic carbocycles. The lowest BCUT2D eigenvalue weighted by atomic mass is 9.99. The van der Waals surface area contributed by atoms with Crippen molar-refractivity contribution in [2.75, 3.05) is 32.7 Å². The quantitative estimate of drug-likeness (QED) is 0.411. The lowest BCUT2D eigenvalue weighted by molar-refractivity contribution is -0.137. The molecule has 3 aromatic rings. The highest BCUT2D eigenvalue weighted by Gasteiger charge is 2.40. The lowest BCUT2D eigenvalue weighted by Crippen LogP contribution is -2.50. The van der Waals surface area contributed by atoms with E-state index >= 15 is 0 Å². The highest BCUT2D eigenvalue weighted by atomic mass is 32.2. The minimum Gasteiger partial charge on any atom is -0.349 e. The van der Waals surface area contributed by atoms with E-state index in [-0.39, 0.29) is 18.9 Å². The number of aromatic nitrogens is 1. The maximum absolute atomic E-state index is 13.7. The minimum absolute atomic E-state index is 0.0568. The Labute approximate surface area is 239 Å². The van der Waals surface area contributed by atoms with Crippen molar-refractivity contribution in [3.63, 3.8) is 0 Å². The van der Waals surface area contributed by atoms with Crippen LogP contribution in [0.4, 0.5) is 13.2 Å². The zero-order chi connectivity index (χ0) is 29.5. The Bertz CT molecular complexity index is 1520. The van der Waals surface area contributed by atoms with Gasteiger partial charge in [0.25, 0.3) is 0 Å². The van der Waals surface area contributed by atoms with E-state index in [9.17, 15) is 26.4 Å². The van der Waals surface area contributed by atoms with Crippen molar-refractivity contribution in [2.45, 2.75) is 57.4 Å². The number of carbonyl (C=O) groups is 1. The summed E-state index contributed by atoms with van der Waals surface area (Å²) in [5.74, 6) is -0.170. The van der Waals surface area contributed by atoms with Crippen molar-refractivity contribution in [3.8, 4) is 0 Å². The number of piperazine rings is 1. The van der Waals surface area contributed by atoms with Gasteiger partial charge in [-0.05, 0) is 67.8 Å². The van der Waals surface area contributed by atoms with Crippen LogP contribution in [-0.2, 0) is 34.1 Å². The Morgan fingerprint density at radius 2 is 1.59 bits per heavy atom. The highest BCUT2D eigenvalue weighted by molar-refractivity contribution is 7.89. The van der Waals surface area contributed by atoms with Gasteiger partial charge in [0.1, 0.15) is 0 Å². The standard InChI is InChI=1S/C30H35F3N4O3S/c1-21-16-22(2)26(23(3)17-21)20-34-10-12-36(13-11-34)29(38)19-28-27-8-5-9-35(27)14-15-37(28)41(39,40)25-7-4-6-24(18-25)30(31,32)33/h4-9,16-18,28H,10-15,19-20H2,1-3H3. The van der Waals surface area contributed by atoms with E-state index in [0.717, 1.165) is 18.7 Å². The SMILES string of the molecule is Cc1cc(C)c(CN2CCN(C(=O)CC3c4cccn4CCN3S(=O)(=O)c3cccc(C(F)(F)F)c3)CC2)c(C)c1. The van der Waals surface area contributed by atoms with E-state index in [1.54, 1.807) is 17.0 Å². The predicted molar refractivity (Wildman–Crippen MR) is 150 cm³/mol. The van der Waals surface area contributed by atoms with Gasteiger partial charge in [0.05, 0.1) is 16.5 Å². The van der Waals surface area contributed by atoms with Crippen LogP contribution in [0.5, 0.6) is 0 Å². The topological polar surface area (TPSA) is 65.9 Å². The number of hydrogen-bond acceptors (Lipinski definition) is 4. The molecule has 5 rings (SSSR count). The number of aryl methyl sites for hydroxylation is 3. The van der Waals surface area contributed by atoms with Gasteiger partial charge in [0.2, 0.25) is 15.9 Å². The van der Waals surface area contributed by atoms with E-state index in [0.29, 0.717) is 44.5 Å². The summed E-state index contributed by atoms with van der Waals surface area (Å²) in [6.45, 7) is 9.99. The molecule has 1 fully saturated rings. The lowest BCUT2D eigenvalue weighted by Gasteiger charge is -2.39. The number of rotatable bonds is 6. The number of fused-ring (bicyclic) bond motifs is 1. The Morgan fingerprint density at radius 3 is 2.24 bits per heavy atom. The van der Waals surface area contributed by atoms with E-state index < -0.39 is 32.7 Å². The summed E-state index contributed by atoms with van der Waals surface area (Å²) in [4.78, 5) is 17.2. The average Bonchev–Trinajstić information content (AvgIpc) is 3.40. The summed E-state index contributed by atoms with van der Waals surface area (Å²) < 4.78 is 70.5. The van der Waals surface area contributed by atoms with Crippen molar-refractivity contribution in [2.24, 2.45) is 0 Å². The first kappa shape index (κ1) is 29.3. The van der Waals surface area contributed by atoms with Crippen molar-refractivity contribution < 1.29 is 26.4 Å². The zero-order valence-corrected chi connectivity index (χ0v) is 24.3. The van der Waals surface area contributed by atoms with Crippen LogP contribution < -0.4 is 0 Å². The molecular formula is C30H35F3N4O3S. The number of amides is 1. The van der Waals surface area contributed by atoms with Gasteiger partial charge in [-0.2, -0.15) is 17.5 Å². The number of alkyl halides is 3. The Balaban J connectivity index is 1.31. The van der Waals surface area contributed by atoms with Crippen molar-refractivity contribution in [1.29, 1.82) is 0 Å². The first-order valence-corrected chi connectivity index (χ1v) is 15.2. The first-order valence-electron chi connectivity index (χ1n) is 13.8. The maximum atomic E-state index is 13.7. The molecule has 11 heteroatoms. The van der Waals surface area contributed by atoms with E-state index in [2.05, 4.69) is 37.8 Å². The number of carbonyl (C=O) groups excluding carboxylic acids is 1. The Morgan fingerprint density at radius 1 is 0.902 bits per heavy atom. The molecule has 0 aliphatic carbocycles. The third kappa shape index (κ3) is 6.07. The van der Waals surface area contributed by atoms with Crippen molar-refractivity contribution in [1.82, 2.24) is 18.7 Å². The molecule has 7 nitrogen and oxygen atoms in total. The summed E-state index contributed by atoms with van der Waals surface area (Å²) in [6.07, 6.45) is -2.93. The molecule has 220 valence electrons. The van der Waals surface area contributed by atoms with Crippen LogP contribution in [0.15, 0.2) is 59.6 Å². The van der Waals surface area contributed by atoms with Gasteiger partial charge in [0.15, 0.2) is 0 Å². The van der Waals surface area contributed by atoms with Crippen LogP contribution in [0.2, 0.25) is 0 Å². The highest BCUT2D eigenvalue weighted by Crippen LogP contribution is 2.36. The number of hydrogen-bond donors (Lipinski definition) is 0. The largest absolute Gasteiger partial charge is 0.416 e. The molecule has 0 bridgehead atoms. The second kappa shape index (κ2) is 11.3.